The summed E-state index contributed by atoms with van der Waals surface area (Å²) in [4.78, 5) is 30.6. The SMILES string of the molecule is C[C@@H]1CCCN(c2ccc(C(=O)NO[C@@H]3CCCCO3)cc2[N+](=O)[O-])C1. The molecule has 0 aliphatic carbocycles. The number of carbonyl (C=O) groups excluding carboxylic acids is 1. The molecule has 26 heavy (non-hydrogen) atoms. The molecule has 0 aromatic heterocycles. The van der Waals surface area contributed by atoms with Crippen LogP contribution in [-0.2, 0) is 9.57 Å². The maximum absolute atomic E-state index is 12.3. The van der Waals surface area contributed by atoms with Crippen LogP contribution in [0.5, 0.6) is 0 Å². The van der Waals surface area contributed by atoms with Crippen LogP contribution in [0.2, 0.25) is 0 Å². The van der Waals surface area contributed by atoms with E-state index < -0.39 is 17.1 Å². The number of ether oxygens (including phenoxy) is 1. The normalized spacial score (nSPS) is 23.5. The van der Waals surface area contributed by atoms with Crippen LogP contribution in [0.3, 0.4) is 0 Å². The summed E-state index contributed by atoms with van der Waals surface area (Å²) in [7, 11) is 0. The molecule has 1 amide bonds. The Morgan fingerprint density at radius 2 is 2.19 bits per heavy atom. The number of hydrogen-bond donors (Lipinski definition) is 1. The largest absolute Gasteiger partial charge is 0.366 e. The molecule has 8 nitrogen and oxygen atoms in total. The van der Waals surface area contributed by atoms with Gasteiger partial charge in [0.05, 0.1) is 4.92 Å². The van der Waals surface area contributed by atoms with Crippen LogP contribution in [0, 0.1) is 16.0 Å². The van der Waals surface area contributed by atoms with E-state index in [0.29, 0.717) is 24.6 Å². The number of carbonyl (C=O) groups is 1. The summed E-state index contributed by atoms with van der Waals surface area (Å²) in [5, 5.41) is 11.5. The summed E-state index contributed by atoms with van der Waals surface area (Å²) in [6.07, 6.45) is 4.36. The Balaban J connectivity index is 1.70. The number of nitro groups is 1. The number of amides is 1. The molecule has 1 aromatic rings. The van der Waals surface area contributed by atoms with Gasteiger partial charge >= 0.3 is 0 Å². The zero-order valence-electron chi connectivity index (χ0n) is 15.0. The van der Waals surface area contributed by atoms with Gasteiger partial charge in [-0.25, -0.2) is 10.3 Å². The summed E-state index contributed by atoms with van der Waals surface area (Å²) in [6.45, 7) is 4.33. The van der Waals surface area contributed by atoms with E-state index in [9.17, 15) is 14.9 Å². The van der Waals surface area contributed by atoms with Gasteiger partial charge in [0.1, 0.15) is 5.69 Å². The van der Waals surface area contributed by atoms with Gasteiger partial charge in [0.15, 0.2) is 6.29 Å². The molecule has 2 aliphatic rings. The molecule has 0 radical (unpaired) electrons. The zero-order valence-corrected chi connectivity index (χ0v) is 15.0. The summed E-state index contributed by atoms with van der Waals surface area (Å²) in [5.41, 5.74) is 3.05. The second-order valence-electron chi connectivity index (χ2n) is 7.00. The molecule has 3 rings (SSSR count). The fraction of sp³-hybridized carbons (Fsp3) is 0.611. The molecule has 142 valence electrons. The molecule has 2 heterocycles. The van der Waals surface area contributed by atoms with E-state index in [1.807, 2.05) is 4.90 Å². The van der Waals surface area contributed by atoms with Crippen molar-refractivity contribution in [3.05, 3.63) is 33.9 Å². The summed E-state index contributed by atoms with van der Waals surface area (Å²) >= 11 is 0. The monoisotopic (exact) mass is 363 g/mol. The molecular weight excluding hydrogens is 338 g/mol. The van der Waals surface area contributed by atoms with Gasteiger partial charge in [-0.3, -0.25) is 14.9 Å². The Kier molecular flexibility index (Phi) is 6.05. The minimum atomic E-state index is -0.513. The quantitative estimate of drug-likeness (QED) is 0.638. The topological polar surface area (TPSA) is 93.9 Å². The van der Waals surface area contributed by atoms with E-state index in [1.165, 1.54) is 6.07 Å². The van der Waals surface area contributed by atoms with Crippen LogP contribution in [0.1, 0.15) is 49.4 Å². The maximum Gasteiger partial charge on any atom is 0.293 e. The molecule has 8 heteroatoms. The molecule has 1 N–H and O–H groups in total. The van der Waals surface area contributed by atoms with Gasteiger partial charge in [0.2, 0.25) is 0 Å². The predicted molar refractivity (Wildman–Crippen MR) is 95.8 cm³/mol. The van der Waals surface area contributed by atoms with Crippen molar-refractivity contribution in [3.8, 4) is 0 Å². The first-order valence-electron chi connectivity index (χ1n) is 9.15. The molecule has 2 aliphatic heterocycles. The Morgan fingerprint density at radius 3 is 2.88 bits per heavy atom. The summed E-state index contributed by atoms with van der Waals surface area (Å²) in [6, 6.07) is 4.57. The van der Waals surface area contributed by atoms with Crippen molar-refractivity contribution >= 4 is 17.3 Å². The minimum absolute atomic E-state index is 0.0549. The lowest BCUT2D eigenvalue weighted by atomic mass is 9.99. The highest BCUT2D eigenvalue weighted by atomic mass is 16.8. The van der Waals surface area contributed by atoms with Crippen LogP contribution in [-0.4, -0.2) is 36.8 Å². The third-order valence-electron chi connectivity index (χ3n) is 4.85. The smallest absolute Gasteiger partial charge is 0.293 e. The van der Waals surface area contributed by atoms with Crippen LogP contribution >= 0.6 is 0 Å². The summed E-state index contributed by atoms with van der Waals surface area (Å²) in [5.74, 6) is -0.0175. The number of benzene rings is 1. The first kappa shape index (κ1) is 18.6. The van der Waals surface area contributed by atoms with E-state index in [1.54, 1.807) is 12.1 Å². The first-order chi connectivity index (χ1) is 12.5. The Bertz CT molecular complexity index is 660. The van der Waals surface area contributed by atoms with Gasteiger partial charge in [0.25, 0.3) is 11.6 Å². The molecule has 0 spiro atoms. The van der Waals surface area contributed by atoms with Crippen LogP contribution in [0.4, 0.5) is 11.4 Å². The standard InChI is InChI=1S/C18H25N3O5/c1-13-5-4-9-20(12-13)15-8-7-14(11-16(15)21(23)24)18(22)19-26-17-6-2-3-10-25-17/h7-8,11,13,17H,2-6,9-10,12H2,1H3,(H,19,22)/t13-,17-/m1/s1. The van der Waals surface area contributed by atoms with Gasteiger partial charge in [0, 0.05) is 37.7 Å². The van der Waals surface area contributed by atoms with Crippen molar-refractivity contribution in [1.82, 2.24) is 5.48 Å². The Labute approximate surface area is 152 Å². The number of hydrogen-bond acceptors (Lipinski definition) is 6. The minimum Gasteiger partial charge on any atom is -0.366 e. The lowest BCUT2D eigenvalue weighted by molar-refractivity contribution is -0.384. The van der Waals surface area contributed by atoms with E-state index in [-0.39, 0.29) is 11.3 Å². The molecular formula is C18H25N3O5. The van der Waals surface area contributed by atoms with Crippen molar-refractivity contribution in [1.29, 1.82) is 0 Å². The number of rotatable bonds is 5. The van der Waals surface area contributed by atoms with Crippen molar-refractivity contribution in [3.63, 3.8) is 0 Å². The lowest BCUT2D eigenvalue weighted by Gasteiger charge is -2.32. The maximum atomic E-state index is 12.3. The van der Waals surface area contributed by atoms with Crippen LogP contribution in [0.25, 0.3) is 0 Å². The second-order valence-corrected chi connectivity index (χ2v) is 7.00. The second kappa shape index (κ2) is 8.46. The van der Waals surface area contributed by atoms with Crippen molar-refractivity contribution < 1.29 is 19.3 Å². The predicted octanol–water partition coefficient (Wildman–Crippen LogP) is 3.02. The molecule has 0 unspecified atom stereocenters. The number of nitrogens with zero attached hydrogens (tertiary/aromatic N) is 2. The highest BCUT2D eigenvalue weighted by Gasteiger charge is 2.25. The fourth-order valence-corrected chi connectivity index (χ4v) is 3.47. The third-order valence-corrected chi connectivity index (χ3v) is 4.85. The van der Waals surface area contributed by atoms with Gasteiger partial charge in [-0.15, -0.1) is 0 Å². The fourth-order valence-electron chi connectivity index (χ4n) is 3.47. The highest BCUT2D eigenvalue weighted by molar-refractivity contribution is 5.95. The van der Waals surface area contributed by atoms with Gasteiger partial charge in [-0.2, -0.15) is 0 Å². The van der Waals surface area contributed by atoms with Crippen LogP contribution < -0.4 is 10.4 Å². The number of nitrogens with one attached hydrogen (secondary N) is 1. The third kappa shape index (κ3) is 4.50. The highest BCUT2D eigenvalue weighted by Crippen LogP contribution is 2.32. The van der Waals surface area contributed by atoms with E-state index in [4.69, 9.17) is 9.57 Å². The Morgan fingerprint density at radius 1 is 1.35 bits per heavy atom. The van der Waals surface area contributed by atoms with Crippen molar-refractivity contribution in [2.75, 3.05) is 24.6 Å². The van der Waals surface area contributed by atoms with Gasteiger partial charge in [-0.1, -0.05) is 6.92 Å². The molecule has 2 fully saturated rings. The van der Waals surface area contributed by atoms with Crippen molar-refractivity contribution in [2.24, 2.45) is 5.92 Å². The number of nitro benzene ring substituents is 1. The van der Waals surface area contributed by atoms with E-state index in [2.05, 4.69) is 12.4 Å². The first-order valence-corrected chi connectivity index (χ1v) is 9.15. The summed E-state index contributed by atoms with van der Waals surface area (Å²) < 4.78 is 5.38. The lowest BCUT2D eigenvalue weighted by Crippen LogP contribution is -2.35. The Hall–Kier alpha value is -2.19. The van der Waals surface area contributed by atoms with Gasteiger partial charge < -0.3 is 9.64 Å². The molecule has 0 bridgehead atoms. The van der Waals surface area contributed by atoms with Crippen molar-refractivity contribution in [2.45, 2.75) is 45.3 Å². The zero-order chi connectivity index (χ0) is 18.5. The molecule has 0 saturated carbocycles. The molecule has 1 aromatic carbocycles. The molecule has 2 atom stereocenters. The van der Waals surface area contributed by atoms with E-state index in [0.717, 1.165) is 38.8 Å². The number of piperidine rings is 1. The van der Waals surface area contributed by atoms with E-state index >= 15 is 0 Å². The average Bonchev–Trinajstić information content (AvgIpc) is 2.66. The number of hydroxylamine groups is 1. The molecule has 2 saturated heterocycles. The van der Waals surface area contributed by atoms with Crippen LogP contribution in [0.15, 0.2) is 18.2 Å². The number of anilines is 1. The average molecular weight is 363 g/mol. The van der Waals surface area contributed by atoms with Gasteiger partial charge in [-0.05, 0) is 43.7 Å².